The smallest absolute Gasteiger partial charge is 0.414 e. The van der Waals surface area contributed by atoms with Gasteiger partial charge in [0, 0.05) is 7.05 Å². The molecule has 1 heterocycles. The Kier molecular flexibility index (Phi) is 5.13. The van der Waals surface area contributed by atoms with Gasteiger partial charge in [0.05, 0.1) is 17.0 Å². The van der Waals surface area contributed by atoms with E-state index in [1.165, 1.54) is 0 Å². The molecule has 3 N–H and O–H groups in total. The number of carbonyl (C=O) groups is 1. The van der Waals surface area contributed by atoms with E-state index >= 15 is 0 Å². The summed E-state index contributed by atoms with van der Waals surface area (Å²) in [5.74, 6) is -3.16. The first-order valence-corrected chi connectivity index (χ1v) is 9.20. The van der Waals surface area contributed by atoms with E-state index in [1.54, 1.807) is 20.8 Å². The molecule has 0 radical (unpaired) electrons. The molecule has 1 aliphatic rings. The van der Waals surface area contributed by atoms with Gasteiger partial charge in [0.15, 0.2) is 5.82 Å². The summed E-state index contributed by atoms with van der Waals surface area (Å²) in [6.07, 6.45) is -0.951. The van der Waals surface area contributed by atoms with Gasteiger partial charge in [-0.3, -0.25) is 5.32 Å². The maximum absolute atomic E-state index is 14.3. The summed E-state index contributed by atoms with van der Waals surface area (Å²) >= 11 is 0. The quantitative estimate of drug-likeness (QED) is 0.709. The Hall–Kier alpha value is -2.43. The second-order valence-corrected chi connectivity index (χ2v) is 8.75. The van der Waals surface area contributed by atoms with Gasteiger partial charge in [-0.05, 0) is 32.9 Å². The van der Waals surface area contributed by atoms with Crippen molar-refractivity contribution < 1.29 is 26.7 Å². The number of hydrogen-bond donors (Lipinski definition) is 2. The predicted molar refractivity (Wildman–Crippen MR) is 91.9 cm³/mol. The van der Waals surface area contributed by atoms with Gasteiger partial charge >= 0.3 is 6.09 Å². The molecule has 8 nitrogen and oxygen atoms in total. The number of nitrogens with two attached hydrogens (primary N) is 1. The molecular formula is C15H20F2N4O4S. The van der Waals surface area contributed by atoms with Crippen molar-refractivity contribution in [2.75, 3.05) is 18.5 Å². The zero-order valence-corrected chi connectivity index (χ0v) is 15.5. The molecule has 0 fully saturated rings. The van der Waals surface area contributed by atoms with Crippen molar-refractivity contribution in [1.29, 1.82) is 0 Å². The van der Waals surface area contributed by atoms with Crippen LogP contribution in [0.25, 0.3) is 0 Å². The van der Waals surface area contributed by atoms with Crippen molar-refractivity contribution in [2.24, 2.45) is 4.99 Å². The Morgan fingerprint density at radius 2 is 2.00 bits per heavy atom. The van der Waals surface area contributed by atoms with Gasteiger partial charge in [-0.2, -0.15) is 0 Å². The number of guanidine groups is 1. The molecular weight excluding hydrogens is 370 g/mol. The Morgan fingerprint density at radius 3 is 2.58 bits per heavy atom. The number of halogens is 2. The van der Waals surface area contributed by atoms with Crippen LogP contribution in [0.1, 0.15) is 32.4 Å². The van der Waals surface area contributed by atoms with Gasteiger partial charge < -0.3 is 10.5 Å². The number of benzene rings is 1. The Balaban J connectivity index is 2.45. The summed E-state index contributed by atoms with van der Waals surface area (Å²) in [5.41, 5.74) is 3.69. The number of alkyl carbamates (subject to hydrolysis) is 1. The lowest BCUT2D eigenvalue weighted by Crippen LogP contribution is -2.50. The van der Waals surface area contributed by atoms with Crippen molar-refractivity contribution in [3.05, 3.63) is 29.3 Å². The fourth-order valence-corrected chi connectivity index (χ4v) is 3.47. The summed E-state index contributed by atoms with van der Waals surface area (Å²) in [6, 6.07) is 0.542. The lowest BCUT2D eigenvalue weighted by atomic mass is 10.1. The fourth-order valence-electron chi connectivity index (χ4n) is 2.25. The molecule has 0 aliphatic carbocycles. The molecule has 1 aromatic carbocycles. The van der Waals surface area contributed by atoms with Crippen LogP contribution in [0.15, 0.2) is 17.1 Å². The van der Waals surface area contributed by atoms with Crippen LogP contribution in [0.3, 0.4) is 0 Å². The molecule has 1 amide bonds. The van der Waals surface area contributed by atoms with Crippen LogP contribution in [0.4, 0.5) is 19.3 Å². The van der Waals surface area contributed by atoms with Crippen LogP contribution < -0.4 is 11.1 Å². The van der Waals surface area contributed by atoms with Crippen molar-refractivity contribution in [1.82, 2.24) is 9.62 Å². The van der Waals surface area contributed by atoms with Crippen molar-refractivity contribution >= 4 is 27.8 Å². The minimum absolute atomic E-state index is 0.338. The fraction of sp³-hybridized carbons (Fsp3) is 0.467. The first-order valence-electron chi connectivity index (χ1n) is 7.59. The first-order chi connectivity index (χ1) is 11.8. The molecule has 26 heavy (non-hydrogen) atoms. The van der Waals surface area contributed by atoms with Crippen LogP contribution in [0, 0.1) is 11.6 Å². The number of nitrogens with zero attached hydrogens (tertiary/aromatic N) is 2. The number of rotatable bonds is 1. The number of ether oxygens (including phenoxy) is 1. The summed E-state index contributed by atoms with van der Waals surface area (Å²) in [6.45, 7) is 4.86. The third-order valence-corrected chi connectivity index (χ3v) is 5.21. The van der Waals surface area contributed by atoms with Gasteiger partial charge in [0.25, 0.3) is 0 Å². The molecule has 1 unspecified atom stereocenters. The van der Waals surface area contributed by atoms with Gasteiger partial charge in [-0.25, -0.2) is 31.3 Å². The summed E-state index contributed by atoms with van der Waals surface area (Å²) in [5, 5.41) is 2.19. The summed E-state index contributed by atoms with van der Waals surface area (Å²) in [4.78, 5) is 15.9. The highest BCUT2D eigenvalue weighted by Gasteiger charge is 2.36. The van der Waals surface area contributed by atoms with Crippen LogP contribution in [0.2, 0.25) is 0 Å². The molecule has 144 valence electrons. The standard InChI is InChI=1S/C15H20F2N4O4S/c1-15(2,3)25-14(22)20-13-19-10(7-26(23,24)21(13)4)11-8(16)5-6-9(18)12(11)17/h5-6,10H,7,18H2,1-4H3,(H,19,20,22). The highest BCUT2D eigenvalue weighted by Crippen LogP contribution is 2.31. The summed E-state index contributed by atoms with van der Waals surface area (Å²) in [7, 11) is -2.82. The summed E-state index contributed by atoms with van der Waals surface area (Å²) < 4.78 is 58.8. The van der Waals surface area contributed by atoms with Crippen LogP contribution in [-0.4, -0.2) is 43.2 Å². The maximum Gasteiger partial charge on any atom is 0.414 e. The molecule has 0 bridgehead atoms. The number of nitrogen functional groups attached to an aromatic ring is 1. The van der Waals surface area contributed by atoms with E-state index in [4.69, 9.17) is 10.5 Å². The first kappa shape index (κ1) is 19.9. The lowest BCUT2D eigenvalue weighted by Gasteiger charge is -2.30. The number of aliphatic imine (C=N–C) groups is 1. The van der Waals surface area contributed by atoms with Crippen LogP contribution in [0.5, 0.6) is 0 Å². The Bertz CT molecular complexity index is 865. The zero-order valence-electron chi connectivity index (χ0n) is 14.7. The lowest BCUT2D eigenvalue weighted by molar-refractivity contribution is 0.0559. The largest absolute Gasteiger partial charge is 0.444 e. The molecule has 0 spiro atoms. The monoisotopic (exact) mass is 390 g/mol. The van der Waals surface area contributed by atoms with Gasteiger partial charge in [-0.1, -0.05) is 0 Å². The minimum atomic E-state index is -3.99. The Morgan fingerprint density at radius 1 is 1.38 bits per heavy atom. The molecule has 0 saturated heterocycles. The molecule has 0 aromatic heterocycles. The molecule has 1 aliphatic heterocycles. The molecule has 1 atom stereocenters. The van der Waals surface area contributed by atoms with Gasteiger partial charge in [-0.15, -0.1) is 0 Å². The third-order valence-electron chi connectivity index (χ3n) is 3.46. The van der Waals surface area contributed by atoms with E-state index in [0.29, 0.717) is 0 Å². The van der Waals surface area contributed by atoms with E-state index in [1.807, 2.05) is 0 Å². The maximum atomic E-state index is 14.3. The molecule has 0 saturated carbocycles. The molecule has 1 aromatic rings. The van der Waals surface area contributed by atoms with E-state index < -0.39 is 56.7 Å². The molecule has 11 heteroatoms. The van der Waals surface area contributed by atoms with Gasteiger partial charge in [0.2, 0.25) is 16.0 Å². The number of sulfonamides is 1. The van der Waals surface area contributed by atoms with Crippen molar-refractivity contribution in [2.45, 2.75) is 32.4 Å². The number of anilines is 1. The second-order valence-electron chi connectivity index (χ2n) is 6.71. The topological polar surface area (TPSA) is 114 Å². The SMILES string of the molecule is CN1C(NC(=O)OC(C)(C)C)=NC(c2c(F)ccc(N)c2F)CS1(=O)=O. The minimum Gasteiger partial charge on any atom is -0.444 e. The van der Waals surface area contributed by atoms with E-state index in [-0.39, 0.29) is 5.69 Å². The van der Waals surface area contributed by atoms with Crippen LogP contribution >= 0.6 is 0 Å². The van der Waals surface area contributed by atoms with Crippen molar-refractivity contribution in [3.8, 4) is 0 Å². The molecule has 2 rings (SSSR count). The second kappa shape index (κ2) is 6.71. The van der Waals surface area contributed by atoms with Gasteiger partial charge in [0.1, 0.15) is 17.5 Å². The normalized spacial score (nSPS) is 19.7. The van der Waals surface area contributed by atoms with E-state index in [9.17, 15) is 22.0 Å². The van der Waals surface area contributed by atoms with Crippen LogP contribution in [-0.2, 0) is 14.8 Å². The highest BCUT2D eigenvalue weighted by molar-refractivity contribution is 7.89. The third kappa shape index (κ3) is 4.21. The number of hydrogen-bond acceptors (Lipinski definition) is 6. The number of carbonyl (C=O) groups excluding carboxylic acids is 1. The van der Waals surface area contributed by atoms with E-state index in [0.717, 1.165) is 23.5 Å². The van der Waals surface area contributed by atoms with E-state index in [2.05, 4.69) is 10.3 Å². The average Bonchev–Trinajstić information content (AvgIpc) is 2.46. The average molecular weight is 390 g/mol. The predicted octanol–water partition coefficient (Wildman–Crippen LogP) is 1.74. The number of amides is 1. The Labute approximate surface area is 150 Å². The number of nitrogens with one attached hydrogen (secondary N) is 1. The van der Waals surface area contributed by atoms with Crippen molar-refractivity contribution in [3.63, 3.8) is 0 Å². The zero-order chi connectivity index (χ0) is 19.9. The highest BCUT2D eigenvalue weighted by atomic mass is 32.2.